The lowest BCUT2D eigenvalue weighted by molar-refractivity contribution is -0.139. The molecular weight excluding hydrogens is 218 g/mol. The topological polar surface area (TPSA) is 58.2 Å². The number of hydrogen-bond acceptors (Lipinski definition) is 3. The Hall–Kier alpha value is -1.36. The number of aromatic nitrogens is 2. The van der Waals surface area contributed by atoms with Crippen molar-refractivity contribution >= 4 is 5.91 Å². The van der Waals surface area contributed by atoms with Crippen molar-refractivity contribution in [3.05, 3.63) is 18.2 Å². The van der Waals surface area contributed by atoms with Gasteiger partial charge in [0.2, 0.25) is 5.91 Å². The molecule has 1 N–H and O–H groups in total. The molecule has 2 aliphatic rings. The average molecular weight is 235 g/mol. The molecule has 92 valence electrons. The van der Waals surface area contributed by atoms with Crippen LogP contribution >= 0.6 is 0 Å². The standard InChI is InChI=1S/C12H17N3O2/c16-12(4-1-9-5-13-8-14-9)15-6-10-2-3-11(7-15)17-10/h5,8,10-11H,1-4,6-7H2,(H,13,14). The van der Waals surface area contributed by atoms with E-state index in [2.05, 4.69) is 9.97 Å². The Morgan fingerprint density at radius 1 is 1.47 bits per heavy atom. The minimum atomic E-state index is 0.236. The van der Waals surface area contributed by atoms with Crippen LogP contribution in [0, 0.1) is 0 Å². The number of nitrogens with zero attached hydrogens (tertiary/aromatic N) is 2. The van der Waals surface area contributed by atoms with E-state index in [1.807, 2.05) is 4.90 Å². The third-order valence-corrected chi connectivity index (χ3v) is 3.56. The van der Waals surface area contributed by atoms with Crippen LogP contribution in [-0.2, 0) is 16.0 Å². The zero-order valence-electron chi connectivity index (χ0n) is 9.76. The van der Waals surface area contributed by atoms with Gasteiger partial charge in [-0.05, 0) is 19.3 Å². The summed E-state index contributed by atoms with van der Waals surface area (Å²) in [7, 11) is 0. The molecule has 5 heteroatoms. The molecule has 2 saturated heterocycles. The van der Waals surface area contributed by atoms with Gasteiger partial charge in [-0.15, -0.1) is 0 Å². The zero-order chi connectivity index (χ0) is 11.7. The molecule has 2 atom stereocenters. The molecule has 0 saturated carbocycles. The summed E-state index contributed by atoms with van der Waals surface area (Å²) in [5.74, 6) is 0.236. The number of H-pyrrole nitrogens is 1. The van der Waals surface area contributed by atoms with Crippen LogP contribution in [0.1, 0.15) is 25.0 Å². The highest BCUT2D eigenvalue weighted by Crippen LogP contribution is 2.26. The number of rotatable bonds is 3. The van der Waals surface area contributed by atoms with Crippen molar-refractivity contribution in [2.24, 2.45) is 0 Å². The second kappa shape index (κ2) is 4.49. The summed E-state index contributed by atoms with van der Waals surface area (Å²) in [6.07, 6.45) is 7.50. The second-order valence-corrected chi connectivity index (χ2v) is 4.83. The molecule has 0 radical (unpaired) electrons. The molecule has 0 aliphatic carbocycles. The van der Waals surface area contributed by atoms with Gasteiger partial charge in [0.1, 0.15) is 0 Å². The maximum Gasteiger partial charge on any atom is 0.223 e. The molecule has 2 bridgehead atoms. The molecule has 1 amide bonds. The fourth-order valence-corrected chi connectivity index (χ4v) is 2.64. The van der Waals surface area contributed by atoms with Crippen LogP contribution in [0.2, 0.25) is 0 Å². The zero-order valence-corrected chi connectivity index (χ0v) is 9.76. The maximum atomic E-state index is 12.0. The number of hydrogen-bond donors (Lipinski definition) is 1. The first-order valence-corrected chi connectivity index (χ1v) is 6.22. The van der Waals surface area contributed by atoms with Crippen molar-refractivity contribution < 1.29 is 9.53 Å². The number of likely N-dealkylation sites (tertiary alicyclic amines) is 1. The van der Waals surface area contributed by atoms with Gasteiger partial charge in [0.25, 0.3) is 0 Å². The first-order chi connectivity index (χ1) is 8.31. The molecule has 2 fully saturated rings. The number of fused-ring (bicyclic) bond motifs is 2. The number of carbonyl (C=O) groups is 1. The molecule has 0 spiro atoms. The minimum absolute atomic E-state index is 0.236. The van der Waals surface area contributed by atoms with Gasteiger partial charge in [0, 0.05) is 31.4 Å². The Morgan fingerprint density at radius 2 is 2.24 bits per heavy atom. The van der Waals surface area contributed by atoms with E-state index in [1.54, 1.807) is 12.5 Å². The van der Waals surface area contributed by atoms with E-state index < -0.39 is 0 Å². The van der Waals surface area contributed by atoms with E-state index in [0.29, 0.717) is 6.42 Å². The summed E-state index contributed by atoms with van der Waals surface area (Å²) >= 11 is 0. The predicted octanol–water partition coefficient (Wildman–Crippen LogP) is 0.732. The van der Waals surface area contributed by atoms with Gasteiger partial charge in [0.05, 0.1) is 18.5 Å². The van der Waals surface area contributed by atoms with Gasteiger partial charge >= 0.3 is 0 Å². The average Bonchev–Trinajstić information content (AvgIpc) is 2.96. The van der Waals surface area contributed by atoms with E-state index in [4.69, 9.17) is 4.74 Å². The van der Waals surface area contributed by atoms with E-state index >= 15 is 0 Å². The number of amides is 1. The molecule has 1 aromatic heterocycles. The second-order valence-electron chi connectivity index (χ2n) is 4.83. The highest BCUT2D eigenvalue weighted by molar-refractivity contribution is 5.76. The number of aryl methyl sites for hydroxylation is 1. The Bertz CT molecular complexity index is 378. The van der Waals surface area contributed by atoms with Gasteiger partial charge in [0.15, 0.2) is 0 Å². The first kappa shape index (κ1) is 10.8. The Kier molecular flexibility index (Phi) is 2.84. The largest absolute Gasteiger partial charge is 0.371 e. The fourth-order valence-electron chi connectivity index (χ4n) is 2.64. The van der Waals surface area contributed by atoms with Gasteiger partial charge < -0.3 is 14.6 Å². The molecule has 3 rings (SSSR count). The Labute approximate surface area is 100 Å². The molecule has 1 aromatic rings. The maximum absolute atomic E-state index is 12.0. The van der Waals surface area contributed by atoms with Gasteiger partial charge in [-0.3, -0.25) is 4.79 Å². The van der Waals surface area contributed by atoms with Crippen LogP contribution in [0.25, 0.3) is 0 Å². The number of aromatic amines is 1. The van der Waals surface area contributed by atoms with Crippen molar-refractivity contribution in [2.75, 3.05) is 13.1 Å². The number of ether oxygens (including phenoxy) is 1. The molecule has 2 unspecified atom stereocenters. The van der Waals surface area contributed by atoms with Gasteiger partial charge in [-0.25, -0.2) is 4.98 Å². The van der Waals surface area contributed by atoms with Crippen LogP contribution in [0.3, 0.4) is 0 Å². The summed E-state index contributed by atoms with van der Waals surface area (Å²) in [5.41, 5.74) is 1.02. The molecular formula is C12H17N3O2. The summed E-state index contributed by atoms with van der Waals surface area (Å²) in [6, 6.07) is 0. The molecule has 17 heavy (non-hydrogen) atoms. The van der Waals surface area contributed by atoms with Gasteiger partial charge in [-0.1, -0.05) is 0 Å². The summed E-state index contributed by atoms with van der Waals surface area (Å²) in [6.45, 7) is 1.55. The highest BCUT2D eigenvalue weighted by atomic mass is 16.5. The summed E-state index contributed by atoms with van der Waals surface area (Å²) in [4.78, 5) is 21.0. The van der Waals surface area contributed by atoms with Crippen LogP contribution in [0.15, 0.2) is 12.5 Å². The lowest BCUT2D eigenvalue weighted by Gasteiger charge is -2.32. The van der Waals surface area contributed by atoms with E-state index in [-0.39, 0.29) is 18.1 Å². The van der Waals surface area contributed by atoms with E-state index in [0.717, 1.165) is 38.0 Å². The third kappa shape index (κ3) is 2.34. The number of morpholine rings is 1. The summed E-state index contributed by atoms with van der Waals surface area (Å²) in [5, 5.41) is 0. The van der Waals surface area contributed by atoms with E-state index in [1.165, 1.54) is 0 Å². The minimum Gasteiger partial charge on any atom is -0.371 e. The first-order valence-electron chi connectivity index (χ1n) is 6.22. The van der Waals surface area contributed by atoms with Crippen molar-refractivity contribution in [3.63, 3.8) is 0 Å². The molecule has 3 heterocycles. The normalized spacial score (nSPS) is 27.4. The third-order valence-electron chi connectivity index (χ3n) is 3.56. The van der Waals surface area contributed by atoms with Gasteiger partial charge in [-0.2, -0.15) is 0 Å². The molecule has 5 nitrogen and oxygen atoms in total. The summed E-state index contributed by atoms with van der Waals surface area (Å²) < 4.78 is 5.72. The van der Waals surface area contributed by atoms with E-state index in [9.17, 15) is 4.79 Å². The predicted molar refractivity (Wildman–Crippen MR) is 61.4 cm³/mol. The number of nitrogens with one attached hydrogen (secondary N) is 1. The number of carbonyl (C=O) groups excluding carboxylic acids is 1. The Balaban J connectivity index is 1.52. The molecule has 2 aliphatic heterocycles. The monoisotopic (exact) mass is 235 g/mol. The van der Waals surface area contributed by atoms with Crippen LogP contribution in [-0.4, -0.2) is 46.1 Å². The lowest BCUT2D eigenvalue weighted by Crippen LogP contribution is -2.45. The fraction of sp³-hybridized carbons (Fsp3) is 0.667. The van der Waals surface area contributed by atoms with Crippen LogP contribution in [0.4, 0.5) is 0 Å². The smallest absolute Gasteiger partial charge is 0.223 e. The van der Waals surface area contributed by atoms with Crippen molar-refractivity contribution in [1.29, 1.82) is 0 Å². The number of imidazole rings is 1. The van der Waals surface area contributed by atoms with Crippen LogP contribution in [0.5, 0.6) is 0 Å². The van der Waals surface area contributed by atoms with Crippen molar-refractivity contribution in [3.8, 4) is 0 Å². The SMILES string of the molecule is O=C(CCc1cnc[nH]1)N1CC2CCC(C1)O2. The van der Waals surface area contributed by atoms with Crippen LogP contribution < -0.4 is 0 Å². The highest BCUT2D eigenvalue weighted by Gasteiger charge is 2.35. The van der Waals surface area contributed by atoms with Crippen molar-refractivity contribution in [2.45, 2.75) is 37.9 Å². The molecule has 0 aromatic carbocycles. The van der Waals surface area contributed by atoms with Crippen molar-refractivity contribution in [1.82, 2.24) is 14.9 Å². The quantitative estimate of drug-likeness (QED) is 0.840. The Morgan fingerprint density at radius 3 is 2.88 bits per heavy atom. The lowest BCUT2D eigenvalue weighted by atomic mass is 10.2.